The Kier molecular flexibility index (Phi) is 3.41. The van der Waals surface area contributed by atoms with Gasteiger partial charge in [-0.05, 0) is 19.4 Å². The van der Waals surface area contributed by atoms with Crippen LogP contribution in [-0.2, 0) is 6.61 Å². The number of rotatable bonds is 3. The Bertz CT molecular complexity index is 552. The second-order valence-corrected chi connectivity index (χ2v) is 4.17. The standard InChI is InChI=1S/C13H14FN3O/c1-8-3-9(2)5-10(4-8)7-18-13-16-6-11(14)12(15)17-13/h3-6H,7H2,1-2H3,(H2,15,16,17). The second kappa shape index (κ2) is 5.00. The summed E-state index contributed by atoms with van der Waals surface area (Å²) in [4.78, 5) is 7.41. The van der Waals surface area contributed by atoms with Crippen LogP contribution in [0.3, 0.4) is 0 Å². The summed E-state index contributed by atoms with van der Waals surface area (Å²) in [5.74, 6) is -0.853. The molecule has 0 bridgehead atoms. The van der Waals surface area contributed by atoms with Crippen LogP contribution in [0.1, 0.15) is 16.7 Å². The van der Waals surface area contributed by atoms with Crippen molar-refractivity contribution >= 4 is 5.82 Å². The Hall–Kier alpha value is -2.17. The third-order valence-corrected chi connectivity index (χ3v) is 2.40. The van der Waals surface area contributed by atoms with E-state index in [9.17, 15) is 4.39 Å². The number of nitrogen functional groups attached to an aromatic ring is 1. The van der Waals surface area contributed by atoms with E-state index < -0.39 is 5.82 Å². The number of nitrogens with zero attached hydrogens (tertiary/aromatic N) is 2. The van der Waals surface area contributed by atoms with Gasteiger partial charge in [0.1, 0.15) is 6.61 Å². The molecule has 0 atom stereocenters. The highest BCUT2D eigenvalue weighted by molar-refractivity contribution is 5.30. The van der Waals surface area contributed by atoms with Crippen LogP contribution in [0.2, 0.25) is 0 Å². The molecule has 0 saturated carbocycles. The third-order valence-electron chi connectivity index (χ3n) is 2.40. The van der Waals surface area contributed by atoms with Crippen molar-refractivity contribution in [3.63, 3.8) is 0 Å². The van der Waals surface area contributed by atoms with Crippen LogP contribution < -0.4 is 10.5 Å². The number of anilines is 1. The van der Waals surface area contributed by atoms with E-state index in [0.717, 1.165) is 22.9 Å². The van der Waals surface area contributed by atoms with Gasteiger partial charge in [-0.1, -0.05) is 29.3 Å². The number of hydrogen-bond donors (Lipinski definition) is 1. The van der Waals surface area contributed by atoms with Gasteiger partial charge in [0.25, 0.3) is 0 Å². The van der Waals surface area contributed by atoms with Gasteiger partial charge in [-0.3, -0.25) is 0 Å². The molecule has 18 heavy (non-hydrogen) atoms. The summed E-state index contributed by atoms with van der Waals surface area (Å²) in [6.45, 7) is 4.36. The van der Waals surface area contributed by atoms with Gasteiger partial charge in [0.05, 0.1) is 6.20 Å². The predicted octanol–water partition coefficient (Wildman–Crippen LogP) is 2.39. The van der Waals surface area contributed by atoms with Gasteiger partial charge in [-0.15, -0.1) is 0 Å². The molecule has 0 aliphatic heterocycles. The number of aromatic nitrogens is 2. The lowest BCUT2D eigenvalue weighted by atomic mass is 10.1. The quantitative estimate of drug-likeness (QED) is 0.904. The van der Waals surface area contributed by atoms with Crippen LogP contribution in [0.15, 0.2) is 24.4 Å². The van der Waals surface area contributed by atoms with Gasteiger partial charge in [-0.2, -0.15) is 4.98 Å². The summed E-state index contributed by atoms with van der Waals surface area (Å²) in [6, 6.07) is 6.18. The molecule has 1 aromatic heterocycles. The largest absolute Gasteiger partial charge is 0.459 e. The number of hydrogen-bond acceptors (Lipinski definition) is 4. The number of nitrogens with two attached hydrogens (primary N) is 1. The lowest BCUT2D eigenvalue weighted by molar-refractivity contribution is 0.280. The van der Waals surface area contributed by atoms with Gasteiger partial charge in [0.2, 0.25) is 0 Å². The van der Waals surface area contributed by atoms with Crippen molar-refractivity contribution in [1.29, 1.82) is 0 Å². The summed E-state index contributed by atoms with van der Waals surface area (Å²) in [6.07, 6.45) is 0.999. The zero-order chi connectivity index (χ0) is 13.1. The van der Waals surface area contributed by atoms with Crippen molar-refractivity contribution in [2.45, 2.75) is 20.5 Å². The minimum Gasteiger partial charge on any atom is -0.459 e. The van der Waals surface area contributed by atoms with E-state index in [-0.39, 0.29) is 11.8 Å². The van der Waals surface area contributed by atoms with E-state index >= 15 is 0 Å². The van der Waals surface area contributed by atoms with Crippen molar-refractivity contribution < 1.29 is 9.13 Å². The third kappa shape index (κ3) is 2.94. The molecule has 0 unspecified atom stereocenters. The fourth-order valence-electron chi connectivity index (χ4n) is 1.73. The molecule has 5 heteroatoms. The molecule has 1 aromatic carbocycles. The van der Waals surface area contributed by atoms with E-state index in [0.29, 0.717) is 6.61 Å². The molecule has 2 rings (SSSR count). The average molecular weight is 247 g/mol. The average Bonchev–Trinajstić information content (AvgIpc) is 2.29. The molecule has 0 aliphatic carbocycles. The molecular weight excluding hydrogens is 233 g/mol. The molecule has 2 N–H and O–H groups in total. The van der Waals surface area contributed by atoms with Crippen molar-refractivity contribution in [1.82, 2.24) is 9.97 Å². The highest BCUT2D eigenvalue weighted by Gasteiger charge is 2.04. The zero-order valence-corrected chi connectivity index (χ0v) is 10.3. The molecule has 94 valence electrons. The molecule has 0 radical (unpaired) electrons. The summed E-state index contributed by atoms with van der Waals surface area (Å²) >= 11 is 0. The van der Waals surface area contributed by atoms with E-state index in [4.69, 9.17) is 10.5 Å². The van der Waals surface area contributed by atoms with Crippen molar-refractivity contribution in [2.24, 2.45) is 0 Å². The molecule has 1 heterocycles. The number of ether oxygens (including phenoxy) is 1. The van der Waals surface area contributed by atoms with Crippen molar-refractivity contribution in [2.75, 3.05) is 5.73 Å². The first-order valence-corrected chi connectivity index (χ1v) is 5.52. The van der Waals surface area contributed by atoms with Crippen LogP contribution in [0.4, 0.5) is 10.2 Å². The summed E-state index contributed by atoms with van der Waals surface area (Å²) in [5.41, 5.74) is 8.67. The monoisotopic (exact) mass is 247 g/mol. The first kappa shape index (κ1) is 12.3. The first-order valence-electron chi connectivity index (χ1n) is 5.52. The van der Waals surface area contributed by atoms with Gasteiger partial charge in [0.15, 0.2) is 11.6 Å². The molecule has 2 aromatic rings. The van der Waals surface area contributed by atoms with E-state index in [1.807, 2.05) is 26.0 Å². The Morgan fingerprint density at radius 3 is 2.50 bits per heavy atom. The zero-order valence-electron chi connectivity index (χ0n) is 10.3. The fraction of sp³-hybridized carbons (Fsp3) is 0.231. The molecule has 0 aliphatic rings. The Balaban J connectivity index is 2.08. The smallest absolute Gasteiger partial charge is 0.318 e. The molecule has 0 saturated heterocycles. The van der Waals surface area contributed by atoms with Crippen LogP contribution in [0.25, 0.3) is 0 Å². The van der Waals surface area contributed by atoms with Gasteiger partial charge in [0, 0.05) is 0 Å². The molecule has 0 fully saturated rings. The lowest BCUT2D eigenvalue weighted by Crippen LogP contribution is -2.03. The minimum absolute atomic E-state index is 0.0769. The Morgan fingerprint density at radius 2 is 1.89 bits per heavy atom. The van der Waals surface area contributed by atoms with Gasteiger partial charge >= 0.3 is 6.01 Å². The SMILES string of the molecule is Cc1cc(C)cc(COc2ncc(F)c(N)n2)c1. The first-order chi connectivity index (χ1) is 8.54. The van der Waals surface area contributed by atoms with Crippen LogP contribution >= 0.6 is 0 Å². The van der Waals surface area contributed by atoms with E-state index in [1.54, 1.807) is 0 Å². The lowest BCUT2D eigenvalue weighted by Gasteiger charge is -2.07. The van der Waals surface area contributed by atoms with Crippen LogP contribution in [0, 0.1) is 19.7 Å². The summed E-state index contributed by atoms with van der Waals surface area (Å²) < 4.78 is 18.2. The van der Waals surface area contributed by atoms with E-state index in [1.165, 1.54) is 0 Å². The molecule has 0 spiro atoms. The van der Waals surface area contributed by atoms with Crippen molar-refractivity contribution in [3.8, 4) is 6.01 Å². The van der Waals surface area contributed by atoms with Gasteiger partial charge < -0.3 is 10.5 Å². The molecular formula is C13H14FN3O. The number of benzene rings is 1. The Labute approximate surface area is 105 Å². The van der Waals surface area contributed by atoms with Crippen LogP contribution in [0.5, 0.6) is 6.01 Å². The fourth-order valence-corrected chi connectivity index (χ4v) is 1.73. The molecule has 4 nitrogen and oxygen atoms in total. The Morgan fingerprint density at radius 1 is 1.22 bits per heavy atom. The maximum absolute atomic E-state index is 12.9. The van der Waals surface area contributed by atoms with Crippen LogP contribution in [-0.4, -0.2) is 9.97 Å². The minimum atomic E-state index is -0.645. The second-order valence-electron chi connectivity index (χ2n) is 4.17. The maximum atomic E-state index is 12.9. The topological polar surface area (TPSA) is 61.0 Å². The number of halogens is 1. The normalized spacial score (nSPS) is 10.4. The number of aryl methyl sites for hydroxylation is 2. The summed E-state index contributed by atoms with van der Waals surface area (Å²) in [7, 11) is 0. The summed E-state index contributed by atoms with van der Waals surface area (Å²) in [5, 5.41) is 0. The highest BCUT2D eigenvalue weighted by atomic mass is 19.1. The predicted molar refractivity (Wildman–Crippen MR) is 66.7 cm³/mol. The van der Waals surface area contributed by atoms with Crippen molar-refractivity contribution in [3.05, 3.63) is 46.9 Å². The maximum Gasteiger partial charge on any atom is 0.318 e. The molecule has 0 amide bonds. The van der Waals surface area contributed by atoms with E-state index in [2.05, 4.69) is 16.0 Å². The van der Waals surface area contributed by atoms with Gasteiger partial charge in [-0.25, -0.2) is 9.37 Å². The highest BCUT2D eigenvalue weighted by Crippen LogP contribution is 2.13.